The predicted molar refractivity (Wildman–Crippen MR) is 73.9 cm³/mol. The maximum Gasteiger partial charge on any atom is 0.226 e. The molecule has 0 aliphatic carbocycles. The molecule has 5 heteroatoms. The molecule has 2 aromatic heterocycles. The maximum absolute atomic E-state index is 11.0. The number of carbonyl (C=O) groups excluding carboxylic acids is 1. The summed E-state index contributed by atoms with van der Waals surface area (Å²) in [5.41, 5.74) is 1.56. The molecule has 0 amide bonds. The van der Waals surface area contributed by atoms with Crippen molar-refractivity contribution in [2.45, 2.75) is 20.8 Å². The van der Waals surface area contributed by atoms with Crippen LogP contribution >= 0.6 is 0 Å². The van der Waals surface area contributed by atoms with Crippen molar-refractivity contribution in [3.63, 3.8) is 0 Å². The van der Waals surface area contributed by atoms with Crippen LogP contribution in [-0.2, 0) is 4.79 Å². The van der Waals surface area contributed by atoms with Crippen LogP contribution in [0.2, 0.25) is 0 Å². The van der Waals surface area contributed by atoms with E-state index in [1.54, 1.807) is 12.3 Å². The SMILES string of the molecule is CC(=O)/C=C/c1c[nH]c2ncnc(OCC(C)C)c12. The van der Waals surface area contributed by atoms with Gasteiger partial charge in [-0.25, -0.2) is 9.97 Å². The second-order valence-electron chi connectivity index (χ2n) is 4.80. The maximum atomic E-state index is 11.0. The van der Waals surface area contributed by atoms with Gasteiger partial charge in [-0.05, 0) is 25.0 Å². The van der Waals surface area contributed by atoms with Crippen molar-refractivity contribution in [3.05, 3.63) is 24.2 Å². The van der Waals surface area contributed by atoms with Crippen molar-refractivity contribution < 1.29 is 9.53 Å². The molecule has 100 valence electrons. The van der Waals surface area contributed by atoms with Gasteiger partial charge in [-0.1, -0.05) is 13.8 Å². The van der Waals surface area contributed by atoms with Gasteiger partial charge >= 0.3 is 0 Å². The quantitative estimate of drug-likeness (QED) is 0.838. The fraction of sp³-hybridized carbons (Fsp3) is 0.357. The van der Waals surface area contributed by atoms with Crippen LogP contribution in [0.25, 0.3) is 17.1 Å². The Kier molecular flexibility index (Phi) is 3.94. The lowest BCUT2D eigenvalue weighted by Crippen LogP contribution is -2.06. The van der Waals surface area contributed by atoms with Crippen LogP contribution in [0.5, 0.6) is 5.88 Å². The molecule has 2 heterocycles. The smallest absolute Gasteiger partial charge is 0.226 e. The third kappa shape index (κ3) is 3.19. The monoisotopic (exact) mass is 259 g/mol. The highest BCUT2D eigenvalue weighted by Crippen LogP contribution is 2.26. The van der Waals surface area contributed by atoms with Gasteiger partial charge in [0.25, 0.3) is 0 Å². The average Bonchev–Trinajstić information content (AvgIpc) is 2.77. The Labute approximate surface area is 111 Å². The summed E-state index contributed by atoms with van der Waals surface area (Å²) in [5.74, 6) is 0.958. The molecule has 2 rings (SSSR count). The molecule has 5 nitrogen and oxygen atoms in total. The number of hydrogen-bond acceptors (Lipinski definition) is 4. The zero-order chi connectivity index (χ0) is 13.8. The number of nitrogens with one attached hydrogen (secondary N) is 1. The molecule has 0 saturated heterocycles. The third-order valence-corrected chi connectivity index (χ3v) is 2.52. The van der Waals surface area contributed by atoms with Crippen LogP contribution in [0.1, 0.15) is 26.3 Å². The molecule has 2 aromatic rings. The van der Waals surface area contributed by atoms with Crippen LogP contribution in [0.4, 0.5) is 0 Å². The minimum absolute atomic E-state index is 0.00384. The van der Waals surface area contributed by atoms with Crippen molar-refractivity contribution in [3.8, 4) is 5.88 Å². The normalized spacial score (nSPS) is 11.6. The van der Waals surface area contributed by atoms with Crippen LogP contribution in [0.3, 0.4) is 0 Å². The summed E-state index contributed by atoms with van der Waals surface area (Å²) in [6.07, 6.45) is 6.52. The summed E-state index contributed by atoms with van der Waals surface area (Å²) in [7, 11) is 0. The van der Waals surface area contributed by atoms with Gasteiger partial charge in [0, 0.05) is 11.8 Å². The van der Waals surface area contributed by atoms with E-state index < -0.39 is 0 Å². The number of fused-ring (bicyclic) bond motifs is 1. The molecule has 0 bridgehead atoms. The van der Waals surface area contributed by atoms with Gasteiger partial charge in [-0.2, -0.15) is 0 Å². The molecular weight excluding hydrogens is 242 g/mol. The van der Waals surface area contributed by atoms with E-state index in [4.69, 9.17) is 4.74 Å². The number of H-pyrrole nitrogens is 1. The fourth-order valence-corrected chi connectivity index (χ4v) is 1.65. The second-order valence-corrected chi connectivity index (χ2v) is 4.80. The van der Waals surface area contributed by atoms with Crippen molar-refractivity contribution in [1.82, 2.24) is 15.0 Å². The highest BCUT2D eigenvalue weighted by atomic mass is 16.5. The van der Waals surface area contributed by atoms with Crippen molar-refractivity contribution in [2.75, 3.05) is 6.61 Å². The Hall–Kier alpha value is -2.17. The van der Waals surface area contributed by atoms with E-state index in [9.17, 15) is 4.79 Å². The first-order valence-corrected chi connectivity index (χ1v) is 6.21. The molecule has 0 atom stereocenters. The number of allylic oxidation sites excluding steroid dienone is 1. The van der Waals surface area contributed by atoms with E-state index >= 15 is 0 Å². The summed E-state index contributed by atoms with van der Waals surface area (Å²) in [5, 5.41) is 0.806. The van der Waals surface area contributed by atoms with Crippen LogP contribution in [0.15, 0.2) is 18.6 Å². The number of aromatic amines is 1. The topological polar surface area (TPSA) is 67.9 Å². The van der Waals surface area contributed by atoms with E-state index in [1.807, 2.05) is 0 Å². The van der Waals surface area contributed by atoms with Crippen molar-refractivity contribution in [2.24, 2.45) is 5.92 Å². The number of rotatable bonds is 5. The predicted octanol–water partition coefficient (Wildman–Crippen LogP) is 2.59. The molecule has 1 N–H and O–H groups in total. The lowest BCUT2D eigenvalue weighted by molar-refractivity contribution is -0.112. The lowest BCUT2D eigenvalue weighted by Gasteiger charge is -2.08. The number of aromatic nitrogens is 3. The molecule has 0 aromatic carbocycles. The molecule has 0 aliphatic heterocycles. The highest BCUT2D eigenvalue weighted by Gasteiger charge is 2.11. The van der Waals surface area contributed by atoms with Gasteiger partial charge < -0.3 is 9.72 Å². The Morgan fingerprint density at radius 2 is 2.26 bits per heavy atom. The Morgan fingerprint density at radius 3 is 2.95 bits per heavy atom. The summed E-state index contributed by atoms with van der Waals surface area (Å²) in [6.45, 7) is 6.25. The van der Waals surface area contributed by atoms with Crippen molar-refractivity contribution >= 4 is 22.9 Å². The molecule has 0 spiro atoms. The second kappa shape index (κ2) is 5.65. The first kappa shape index (κ1) is 13.3. The standard InChI is InChI=1S/C14H17N3O2/c1-9(2)7-19-14-12-11(5-4-10(3)18)6-15-13(12)16-8-17-14/h4-6,8-9H,7H2,1-3H3,(H,15,16,17)/b5-4+. The molecule has 19 heavy (non-hydrogen) atoms. The Balaban J connectivity index is 2.40. The largest absolute Gasteiger partial charge is 0.477 e. The van der Waals surface area contributed by atoms with Gasteiger partial charge in [0.05, 0.1) is 12.0 Å². The molecule has 0 radical (unpaired) electrons. The summed E-state index contributed by atoms with van der Waals surface area (Å²) in [4.78, 5) is 22.4. The van der Waals surface area contributed by atoms with Gasteiger partial charge in [-0.3, -0.25) is 4.79 Å². The van der Waals surface area contributed by atoms with Gasteiger partial charge in [0.1, 0.15) is 12.0 Å². The van der Waals surface area contributed by atoms with Gasteiger partial charge in [0.2, 0.25) is 5.88 Å². The number of hydrogen-bond donors (Lipinski definition) is 1. The Bertz CT molecular complexity index is 614. The zero-order valence-electron chi connectivity index (χ0n) is 11.3. The molecule has 0 fully saturated rings. The Morgan fingerprint density at radius 1 is 1.47 bits per heavy atom. The average molecular weight is 259 g/mol. The van der Waals surface area contributed by atoms with E-state index in [1.165, 1.54) is 19.3 Å². The molecular formula is C14H17N3O2. The minimum atomic E-state index is -0.00384. The summed E-state index contributed by atoms with van der Waals surface area (Å²) >= 11 is 0. The first-order chi connectivity index (χ1) is 9.08. The zero-order valence-corrected chi connectivity index (χ0v) is 11.3. The van der Waals surface area contributed by atoms with Gasteiger partial charge in [0.15, 0.2) is 5.78 Å². The van der Waals surface area contributed by atoms with Crippen molar-refractivity contribution in [1.29, 1.82) is 0 Å². The van der Waals surface area contributed by atoms with E-state index in [0.717, 1.165) is 10.9 Å². The molecule has 0 aliphatic rings. The number of ether oxygens (including phenoxy) is 1. The highest BCUT2D eigenvalue weighted by molar-refractivity contribution is 5.96. The van der Waals surface area contributed by atoms with E-state index in [-0.39, 0.29) is 5.78 Å². The van der Waals surface area contributed by atoms with E-state index in [2.05, 4.69) is 28.8 Å². The number of nitrogens with zero attached hydrogens (tertiary/aromatic N) is 2. The van der Waals surface area contributed by atoms with Crippen LogP contribution in [0, 0.1) is 5.92 Å². The number of carbonyl (C=O) groups is 1. The minimum Gasteiger partial charge on any atom is -0.477 e. The molecule has 0 saturated carbocycles. The molecule has 0 unspecified atom stereocenters. The number of ketones is 1. The summed E-state index contributed by atoms with van der Waals surface area (Å²) < 4.78 is 5.70. The lowest BCUT2D eigenvalue weighted by atomic mass is 10.2. The first-order valence-electron chi connectivity index (χ1n) is 6.21. The third-order valence-electron chi connectivity index (χ3n) is 2.52. The van der Waals surface area contributed by atoms with Crippen LogP contribution < -0.4 is 4.74 Å². The summed E-state index contributed by atoms with van der Waals surface area (Å²) in [6, 6.07) is 0. The van der Waals surface area contributed by atoms with Crippen LogP contribution in [-0.4, -0.2) is 27.3 Å². The fourth-order valence-electron chi connectivity index (χ4n) is 1.65. The van der Waals surface area contributed by atoms with E-state index in [0.29, 0.717) is 24.1 Å². The van der Waals surface area contributed by atoms with Gasteiger partial charge in [-0.15, -0.1) is 0 Å².